The number of hydrogen-bond donors (Lipinski definition) is 2. The standard InChI is InChI=1S/C31H43N3O7Si/c1-7-22-20-34(30(37)32-28(22)36)29-27(38-18-19-39-33(5)6)26(35)25(41-29)21-40-42(31(2,3)4,23-14-10-8-11-15-23)24-16-12-9-13-17-24/h8-17,20,25-27,29,35H,7,18-19,21H2,1-6H3,(H,32,36,37)/t25-,26?,27?,29-/m0/s1. The summed E-state index contributed by atoms with van der Waals surface area (Å²) in [5.74, 6) is 0. The minimum Gasteiger partial charge on any atom is -0.405 e. The van der Waals surface area contributed by atoms with Crippen LogP contribution in [-0.4, -0.2) is 80.3 Å². The van der Waals surface area contributed by atoms with E-state index in [1.165, 1.54) is 10.8 Å². The lowest BCUT2D eigenvalue weighted by Crippen LogP contribution is -2.67. The summed E-state index contributed by atoms with van der Waals surface area (Å²) in [5.41, 5.74) is -0.656. The molecule has 42 heavy (non-hydrogen) atoms. The summed E-state index contributed by atoms with van der Waals surface area (Å²) < 4.78 is 20.8. The molecular weight excluding hydrogens is 554 g/mol. The highest BCUT2D eigenvalue weighted by Gasteiger charge is 2.52. The monoisotopic (exact) mass is 597 g/mol. The quantitative estimate of drug-likeness (QED) is 0.185. The van der Waals surface area contributed by atoms with Gasteiger partial charge in [0.05, 0.1) is 19.8 Å². The highest BCUT2D eigenvalue weighted by atomic mass is 28.4. The Kier molecular flexibility index (Phi) is 10.4. The first-order chi connectivity index (χ1) is 20.0. The lowest BCUT2D eigenvalue weighted by Gasteiger charge is -2.43. The van der Waals surface area contributed by atoms with Crippen LogP contribution in [0.2, 0.25) is 5.04 Å². The van der Waals surface area contributed by atoms with Crippen molar-refractivity contribution < 1.29 is 23.8 Å². The van der Waals surface area contributed by atoms with E-state index in [0.29, 0.717) is 12.0 Å². The molecule has 228 valence electrons. The van der Waals surface area contributed by atoms with E-state index in [9.17, 15) is 14.7 Å². The molecule has 1 aliphatic rings. The number of nitrogens with one attached hydrogen (secondary N) is 1. The number of benzene rings is 2. The summed E-state index contributed by atoms with van der Waals surface area (Å²) >= 11 is 0. The van der Waals surface area contributed by atoms with Gasteiger partial charge in [0.2, 0.25) is 0 Å². The van der Waals surface area contributed by atoms with Crippen LogP contribution < -0.4 is 21.6 Å². The van der Waals surface area contributed by atoms with Crippen molar-refractivity contribution in [2.75, 3.05) is 33.9 Å². The maximum Gasteiger partial charge on any atom is 0.330 e. The van der Waals surface area contributed by atoms with Crippen molar-refractivity contribution in [3.63, 3.8) is 0 Å². The summed E-state index contributed by atoms with van der Waals surface area (Å²) in [4.78, 5) is 33.0. The second-order valence-electron chi connectivity index (χ2n) is 11.7. The first-order valence-electron chi connectivity index (χ1n) is 14.3. The highest BCUT2D eigenvalue weighted by Crippen LogP contribution is 2.38. The third kappa shape index (κ3) is 6.67. The fourth-order valence-corrected chi connectivity index (χ4v) is 10.2. The van der Waals surface area contributed by atoms with Crippen molar-refractivity contribution in [2.45, 2.75) is 63.7 Å². The molecule has 0 amide bonds. The van der Waals surface area contributed by atoms with Crippen molar-refractivity contribution in [2.24, 2.45) is 0 Å². The Hall–Kier alpha value is -2.90. The Bertz CT molecular complexity index is 1370. The van der Waals surface area contributed by atoms with Gasteiger partial charge in [-0.2, -0.15) is 5.06 Å². The Morgan fingerprint density at radius 1 is 1.00 bits per heavy atom. The molecular formula is C31H43N3O7Si. The van der Waals surface area contributed by atoms with Gasteiger partial charge in [-0.25, -0.2) is 4.79 Å². The average molecular weight is 598 g/mol. The van der Waals surface area contributed by atoms with Crippen LogP contribution in [-0.2, 0) is 25.2 Å². The predicted molar refractivity (Wildman–Crippen MR) is 164 cm³/mol. The number of rotatable bonds is 12. The van der Waals surface area contributed by atoms with Gasteiger partial charge in [0.25, 0.3) is 13.9 Å². The lowest BCUT2D eigenvalue weighted by atomic mass is 10.1. The second kappa shape index (κ2) is 13.6. The molecule has 2 heterocycles. The average Bonchev–Trinajstić information content (AvgIpc) is 3.26. The van der Waals surface area contributed by atoms with E-state index in [4.69, 9.17) is 18.7 Å². The number of aliphatic hydroxyl groups excluding tert-OH is 1. The molecule has 1 fully saturated rings. The fourth-order valence-electron chi connectivity index (χ4n) is 5.60. The van der Waals surface area contributed by atoms with Gasteiger partial charge < -0.3 is 19.0 Å². The molecule has 1 aliphatic heterocycles. The molecule has 3 aromatic rings. The zero-order valence-electron chi connectivity index (χ0n) is 25.3. The largest absolute Gasteiger partial charge is 0.405 e. The summed E-state index contributed by atoms with van der Waals surface area (Å²) in [7, 11) is 0.609. The zero-order chi connectivity index (χ0) is 30.5. The first-order valence-corrected chi connectivity index (χ1v) is 16.2. The molecule has 10 nitrogen and oxygen atoms in total. The van der Waals surface area contributed by atoms with E-state index in [1.54, 1.807) is 19.2 Å². The van der Waals surface area contributed by atoms with E-state index in [2.05, 4.69) is 50.0 Å². The number of ether oxygens (including phenoxy) is 2. The van der Waals surface area contributed by atoms with Crippen LogP contribution in [0.5, 0.6) is 0 Å². The van der Waals surface area contributed by atoms with Gasteiger partial charge in [-0.3, -0.25) is 19.2 Å². The Balaban J connectivity index is 1.69. The lowest BCUT2D eigenvalue weighted by molar-refractivity contribution is -0.151. The van der Waals surface area contributed by atoms with E-state index in [-0.39, 0.29) is 24.9 Å². The number of H-pyrrole nitrogens is 1. The van der Waals surface area contributed by atoms with Crippen molar-refractivity contribution >= 4 is 18.7 Å². The van der Waals surface area contributed by atoms with Crippen LogP contribution in [0.4, 0.5) is 0 Å². The van der Waals surface area contributed by atoms with Gasteiger partial charge in [-0.15, -0.1) is 0 Å². The second-order valence-corrected chi connectivity index (χ2v) is 16.0. The Morgan fingerprint density at radius 3 is 2.12 bits per heavy atom. The summed E-state index contributed by atoms with van der Waals surface area (Å²) in [6, 6.07) is 20.4. The summed E-state index contributed by atoms with van der Waals surface area (Å²) in [6.07, 6.45) is -1.90. The molecule has 2 N–H and O–H groups in total. The van der Waals surface area contributed by atoms with Crippen LogP contribution >= 0.6 is 0 Å². The maximum absolute atomic E-state index is 12.9. The number of aliphatic hydroxyl groups is 1. The molecule has 11 heteroatoms. The van der Waals surface area contributed by atoms with Crippen LogP contribution in [0.3, 0.4) is 0 Å². The third-order valence-electron chi connectivity index (χ3n) is 7.63. The normalized spacial score (nSPS) is 21.2. The molecule has 1 aromatic heterocycles. The number of nitrogens with zero attached hydrogens (tertiary/aromatic N) is 2. The molecule has 0 radical (unpaired) electrons. The van der Waals surface area contributed by atoms with Crippen molar-refractivity contribution in [1.82, 2.24) is 14.6 Å². The zero-order valence-corrected chi connectivity index (χ0v) is 26.3. The molecule has 2 aromatic carbocycles. The third-order valence-corrected chi connectivity index (χ3v) is 12.6. The summed E-state index contributed by atoms with van der Waals surface area (Å²) in [5, 5.41) is 15.0. The van der Waals surface area contributed by atoms with Gasteiger partial charge in [-0.05, 0) is 21.8 Å². The van der Waals surface area contributed by atoms with Crippen molar-refractivity contribution in [3.8, 4) is 0 Å². The van der Waals surface area contributed by atoms with Crippen molar-refractivity contribution in [1.29, 1.82) is 0 Å². The number of aromatic nitrogens is 2. The van der Waals surface area contributed by atoms with Gasteiger partial charge in [0.1, 0.15) is 18.3 Å². The number of hydroxylamine groups is 2. The van der Waals surface area contributed by atoms with Crippen LogP contribution in [0, 0.1) is 0 Å². The van der Waals surface area contributed by atoms with Crippen LogP contribution in [0.15, 0.2) is 76.4 Å². The smallest absolute Gasteiger partial charge is 0.330 e. The molecule has 2 unspecified atom stereocenters. The van der Waals surface area contributed by atoms with E-state index < -0.39 is 44.1 Å². The molecule has 0 bridgehead atoms. The van der Waals surface area contributed by atoms with Gasteiger partial charge in [0.15, 0.2) is 6.23 Å². The Labute approximate surface area is 247 Å². The van der Waals surface area contributed by atoms with E-state index in [0.717, 1.165) is 10.4 Å². The van der Waals surface area contributed by atoms with E-state index in [1.807, 2.05) is 43.3 Å². The summed E-state index contributed by atoms with van der Waals surface area (Å²) in [6.45, 7) is 8.83. The minimum absolute atomic E-state index is 0.0672. The number of aromatic amines is 1. The van der Waals surface area contributed by atoms with Crippen LogP contribution in [0.1, 0.15) is 39.5 Å². The molecule has 4 rings (SSSR count). The minimum atomic E-state index is -2.92. The van der Waals surface area contributed by atoms with Gasteiger partial charge in [-0.1, -0.05) is 88.4 Å². The topological polar surface area (TPSA) is 115 Å². The van der Waals surface area contributed by atoms with Gasteiger partial charge in [0, 0.05) is 25.9 Å². The van der Waals surface area contributed by atoms with Crippen LogP contribution in [0.25, 0.3) is 0 Å². The maximum atomic E-state index is 12.9. The number of aryl methyl sites for hydroxylation is 1. The molecule has 1 saturated heterocycles. The fraction of sp³-hybridized carbons (Fsp3) is 0.484. The molecule has 4 atom stereocenters. The number of hydrogen-bond acceptors (Lipinski definition) is 8. The molecule has 0 aliphatic carbocycles. The molecule has 0 saturated carbocycles. The first kappa shape index (κ1) is 32.0. The van der Waals surface area contributed by atoms with E-state index >= 15 is 0 Å². The SMILES string of the molecule is CCc1cn([C@H]2O[C@@H](CO[Si](c3ccccc3)(c3ccccc3)C(C)(C)C)C(O)C2OCCON(C)C)c(=O)[nH]c1=O. The highest BCUT2D eigenvalue weighted by molar-refractivity contribution is 6.99. The van der Waals surface area contributed by atoms with Crippen molar-refractivity contribution in [3.05, 3.63) is 93.3 Å². The molecule has 0 spiro atoms. The Morgan fingerprint density at radius 2 is 1.60 bits per heavy atom. The van der Waals surface area contributed by atoms with Gasteiger partial charge >= 0.3 is 5.69 Å². The predicted octanol–water partition coefficient (Wildman–Crippen LogP) is 1.81.